The summed E-state index contributed by atoms with van der Waals surface area (Å²) in [5, 5.41) is 2.83. The van der Waals surface area contributed by atoms with Gasteiger partial charge in [0.2, 0.25) is 0 Å². The Morgan fingerprint density at radius 3 is 1.93 bits per heavy atom. The highest BCUT2D eigenvalue weighted by Crippen LogP contribution is 2.40. The van der Waals surface area contributed by atoms with E-state index >= 15 is 4.39 Å². The van der Waals surface area contributed by atoms with Gasteiger partial charge in [0, 0.05) is 10.8 Å². The third-order valence-corrected chi connectivity index (χ3v) is 10.1. The third kappa shape index (κ3) is 9.37. The monoisotopic (exact) mass is 578 g/mol. The van der Waals surface area contributed by atoms with Crippen LogP contribution in [0.15, 0.2) is 34.7 Å². The van der Waals surface area contributed by atoms with Crippen molar-refractivity contribution < 1.29 is 8.81 Å². The van der Waals surface area contributed by atoms with Gasteiger partial charge in [-0.25, -0.2) is 4.39 Å². The Bertz CT molecular complexity index is 1250. The van der Waals surface area contributed by atoms with E-state index in [1.807, 2.05) is 12.1 Å². The van der Waals surface area contributed by atoms with Crippen molar-refractivity contribution in [2.45, 2.75) is 155 Å². The molecule has 2 aromatic carbocycles. The maximum absolute atomic E-state index is 15.5. The van der Waals surface area contributed by atoms with E-state index in [0.29, 0.717) is 16.2 Å². The SMILES string of the molecule is CCCCCCCCCCc1ccc2c(oc(=S)c3cc(C4CCC(CCCCCCCCC)CC4)ccc32)c1F. The fourth-order valence-corrected chi connectivity index (χ4v) is 7.35. The molecule has 41 heavy (non-hydrogen) atoms. The Labute approximate surface area is 254 Å². The molecule has 1 fully saturated rings. The minimum absolute atomic E-state index is 0.221. The van der Waals surface area contributed by atoms with Crippen molar-refractivity contribution in [2.75, 3.05) is 0 Å². The summed E-state index contributed by atoms with van der Waals surface area (Å²) >= 11 is 5.69. The van der Waals surface area contributed by atoms with Crippen LogP contribution >= 0.6 is 12.2 Å². The van der Waals surface area contributed by atoms with Crippen LogP contribution in [0.2, 0.25) is 0 Å². The number of hydrogen-bond donors (Lipinski definition) is 0. The van der Waals surface area contributed by atoms with Crippen LogP contribution in [-0.2, 0) is 6.42 Å². The van der Waals surface area contributed by atoms with Gasteiger partial charge in [0.05, 0.1) is 0 Å². The predicted molar refractivity (Wildman–Crippen MR) is 178 cm³/mol. The Balaban J connectivity index is 1.31. The van der Waals surface area contributed by atoms with Gasteiger partial charge < -0.3 is 4.42 Å². The number of halogens is 1. The molecule has 226 valence electrons. The lowest BCUT2D eigenvalue weighted by Crippen LogP contribution is -2.13. The number of fused-ring (bicyclic) bond motifs is 3. The Kier molecular flexibility index (Phi) is 13.7. The highest BCUT2D eigenvalue weighted by atomic mass is 32.1. The molecule has 1 saturated carbocycles. The van der Waals surface area contributed by atoms with Crippen molar-refractivity contribution in [3.8, 4) is 0 Å². The number of unbranched alkanes of at least 4 members (excludes halogenated alkanes) is 13. The topological polar surface area (TPSA) is 13.1 Å². The molecule has 0 saturated heterocycles. The number of benzene rings is 2. The molecule has 3 heteroatoms. The molecule has 0 amide bonds. The first kappa shape index (κ1) is 32.2. The average Bonchev–Trinajstić information content (AvgIpc) is 2.99. The van der Waals surface area contributed by atoms with Crippen LogP contribution in [0.25, 0.3) is 21.7 Å². The zero-order valence-corrected chi connectivity index (χ0v) is 26.9. The highest BCUT2D eigenvalue weighted by molar-refractivity contribution is 7.71. The van der Waals surface area contributed by atoms with Crippen LogP contribution in [-0.4, -0.2) is 0 Å². The summed E-state index contributed by atoms with van der Waals surface area (Å²) in [6, 6.07) is 10.7. The molecule has 0 bridgehead atoms. The van der Waals surface area contributed by atoms with Gasteiger partial charge in [-0.2, -0.15) is 0 Å². The van der Waals surface area contributed by atoms with Gasteiger partial charge in [0.15, 0.2) is 16.1 Å². The third-order valence-electron chi connectivity index (χ3n) is 9.76. The molecule has 1 aliphatic rings. The second-order valence-corrected chi connectivity index (χ2v) is 13.3. The van der Waals surface area contributed by atoms with E-state index in [1.165, 1.54) is 121 Å². The van der Waals surface area contributed by atoms with Crippen LogP contribution in [0.5, 0.6) is 0 Å². The van der Waals surface area contributed by atoms with Gasteiger partial charge >= 0.3 is 0 Å². The van der Waals surface area contributed by atoms with E-state index in [1.54, 1.807) is 0 Å². The summed E-state index contributed by atoms with van der Waals surface area (Å²) in [6.45, 7) is 4.54. The molecular weight excluding hydrogens is 523 g/mol. The molecule has 0 atom stereocenters. The van der Waals surface area contributed by atoms with E-state index in [9.17, 15) is 0 Å². The molecule has 1 nitrogen and oxygen atoms in total. The molecule has 4 rings (SSSR count). The van der Waals surface area contributed by atoms with Crippen molar-refractivity contribution >= 4 is 34.0 Å². The lowest BCUT2D eigenvalue weighted by molar-refractivity contribution is 0.302. The first-order valence-electron chi connectivity index (χ1n) is 17.3. The largest absolute Gasteiger partial charge is 0.441 e. The smallest absolute Gasteiger partial charge is 0.198 e. The maximum atomic E-state index is 15.5. The summed E-state index contributed by atoms with van der Waals surface area (Å²) in [7, 11) is 0. The minimum Gasteiger partial charge on any atom is -0.441 e. The predicted octanol–water partition coefficient (Wildman–Crippen LogP) is 13.6. The molecule has 0 aliphatic heterocycles. The van der Waals surface area contributed by atoms with Crippen molar-refractivity contribution in [1.29, 1.82) is 0 Å². The maximum Gasteiger partial charge on any atom is 0.198 e. The van der Waals surface area contributed by atoms with E-state index < -0.39 is 0 Å². The molecule has 3 aromatic rings. The first-order valence-corrected chi connectivity index (χ1v) is 17.7. The summed E-state index contributed by atoms with van der Waals surface area (Å²) in [6.07, 6.45) is 27.2. The molecule has 1 heterocycles. The van der Waals surface area contributed by atoms with Gasteiger partial charge in [-0.3, -0.25) is 0 Å². The minimum atomic E-state index is -0.221. The fourth-order valence-electron chi connectivity index (χ4n) is 7.09. The van der Waals surface area contributed by atoms with Crippen molar-refractivity contribution in [3.05, 3.63) is 52.0 Å². The van der Waals surface area contributed by atoms with Gasteiger partial charge in [-0.1, -0.05) is 134 Å². The van der Waals surface area contributed by atoms with Gasteiger partial charge in [0.25, 0.3) is 0 Å². The van der Waals surface area contributed by atoms with E-state index in [-0.39, 0.29) is 5.82 Å². The normalized spacial score (nSPS) is 17.5. The molecule has 1 aromatic heterocycles. The quantitative estimate of drug-likeness (QED) is 0.0846. The Morgan fingerprint density at radius 2 is 1.27 bits per heavy atom. The van der Waals surface area contributed by atoms with E-state index in [4.69, 9.17) is 16.6 Å². The first-order chi connectivity index (χ1) is 20.1. The highest BCUT2D eigenvalue weighted by Gasteiger charge is 2.23. The zero-order chi connectivity index (χ0) is 28.9. The van der Waals surface area contributed by atoms with Crippen molar-refractivity contribution in [3.63, 3.8) is 0 Å². The molecule has 1 aliphatic carbocycles. The summed E-state index contributed by atoms with van der Waals surface area (Å²) in [4.78, 5) is 0. The van der Waals surface area contributed by atoms with Crippen molar-refractivity contribution in [2.24, 2.45) is 5.92 Å². The van der Waals surface area contributed by atoms with Gasteiger partial charge in [-0.15, -0.1) is 0 Å². The standard InChI is InChI=1S/C38H55FOS/c1-3-5-7-9-11-13-15-17-19-31-24-27-34-33-26-25-32(28-35(33)38(41)40-37(34)36(31)39)30-22-20-29(21-23-30)18-16-14-12-10-8-6-4-2/h24-30H,3-23H2,1-2H3. The second kappa shape index (κ2) is 17.4. The molecule has 0 spiro atoms. The Hall–Kier alpha value is -1.74. The molecule has 0 N–H and O–H groups in total. The van der Waals surface area contributed by atoms with Crippen LogP contribution in [0, 0.1) is 16.4 Å². The lowest BCUT2D eigenvalue weighted by Gasteiger charge is -2.29. The molecule has 0 unspecified atom stereocenters. The van der Waals surface area contributed by atoms with Gasteiger partial charge in [-0.05, 0) is 85.2 Å². The van der Waals surface area contributed by atoms with Crippen molar-refractivity contribution in [1.82, 2.24) is 0 Å². The summed E-state index contributed by atoms with van der Waals surface area (Å²) in [5.41, 5.74) is 2.46. The van der Waals surface area contributed by atoms with Crippen LogP contribution in [0.3, 0.4) is 0 Å². The molecule has 0 radical (unpaired) electrons. The Morgan fingerprint density at radius 1 is 0.683 bits per heavy atom. The van der Waals surface area contributed by atoms with Crippen LogP contribution in [0.4, 0.5) is 4.39 Å². The van der Waals surface area contributed by atoms with E-state index in [2.05, 4.69) is 32.0 Å². The summed E-state index contributed by atoms with van der Waals surface area (Å²) in [5.74, 6) is 1.28. The lowest BCUT2D eigenvalue weighted by atomic mass is 9.76. The number of hydrogen-bond acceptors (Lipinski definition) is 2. The number of rotatable bonds is 18. The van der Waals surface area contributed by atoms with Gasteiger partial charge in [0.1, 0.15) is 0 Å². The van der Waals surface area contributed by atoms with Crippen LogP contribution in [0.1, 0.15) is 159 Å². The molecular formula is C38H55FOS. The van der Waals surface area contributed by atoms with Crippen LogP contribution < -0.4 is 0 Å². The second-order valence-electron chi connectivity index (χ2n) is 13.0. The average molecular weight is 579 g/mol. The number of aryl methyl sites for hydroxylation is 1. The zero-order valence-electron chi connectivity index (χ0n) is 26.1. The summed E-state index contributed by atoms with van der Waals surface area (Å²) < 4.78 is 22.0. The van der Waals surface area contributed by atoms with E-state index in [0.717, 1.165) is 46.9 Å². The fraction of sp³-hybridized carbons (Fsp3) is 0.658.